The van der Waals surface area contributed by atoms with E-state index >= 15 is 0 Å². The van der Waals surface area contributed by atoms with Crippen LogP contribution in [0.1, 0.15) is 102 Å². The molecule has 0 N–H and O–H groups in total. The van der Waals surface area contributed by atoms with Crippen molar-refractivity contribution in [2.45, 2.75) is 109 Å². The number of likely N-dealkylation sites (tertiary alicyclic amines) is 1. The van der Waals surface area contributed by atoms with E-state index in [4.69, 9.17) is 19.4 Å². The molecule has 2 saturated heterocycles. The number of fused-ring (bicyclic) bond motifs is 1. The fourth-order valence-corrected chi connectivity index (χ4v) is 8.33. The normalized spacial score (nSPS) is 26.6. The molecule has 7 heteroatoms. The minimum Gasteiger partial charge on any atom is -0.487 e. The molecular weight excluding hydrogens is 552 g/mol. The van der Waals surface area contributed by atoms with Crippen LogP contribution < -0.4 is 14.4 Å². The van der Waals surface area contributed by atoms with E-state index in [0.717, 1.165) is 84.7 Å². The van der Waals surface area contributed by atoms with Crippen molar-refractivity contribution in [2.75, 3.05) is 38.1 Å². The summed E-state index contributed by atoms with van der Waals surface area (Å²) in [5.41, 5.74) is 2.84. The minimum atomic E-state index is 0.171. The molecule has 2 aliphatic heterocycles. The van der Waals surface area contributed by atoms with Crippen LogP contribution in [0.25, 0.3) is 10.9 Å². The van der Waals surface area contributed by atoms with Gasteiger partial charge in [-0.05, 0) is 122 Å². The number of anilines is 1. The van der Waals surface area contributed by atoms with Crippen LogP contribution in [-0.2, 0) is 0 Å². The van der Waals surface area contributed by atoms with Crippen molar-refractivity contribution in [1.29, 1.82) is 0 Å². The number of halogens is 1. The number of nitrogens with zero attached hydrogens (tertiary/aromatic N) is 4. The van der Waals surface area contributed by atoms with Gasteiger partial charge in [0, 0.05) is 31.6 Å². The zero-order valence-electron chi connectivity index (χ0n) is 23.9. The molecule has 0 amide bonds. The Balaban J connectivity index is 1.27. The molecule has 0 radical (unpaired) electrons. The summed E-state index contributed by atoms with van der Waals surface area (Å²) in [6, 6.07) is 2.91. The van der Waals surface area contributed by atoms with Crippen molar-refractivity contribution in [3.05, 3.63) is 16.1 Å². The SMILES string of the molecule is CC1CCCC2(CCN(c3nc(OC4CCN(C)CC4)nc4c(OC5CCC5)c(Br)c(C5CC5)cc34)CC2)C1. The molecule has 2 aromatic rings. The van der Waals surface area contributed by atoms with Crippen LogP contribution in [0.2, 0.25) is 0 Å². The van der Waals surface area contributed by atoms with Gasteiger partial charge in [0.25, 0.3) is 0 Å². The molecule has 5 aliphatic rings. The number of rotatable bonds is 6. The fourth-order valence-electron chi connectivity index (χ4n) is 7.61. The van der Waals surface area contributed by atoms with Gasteiger partial charge < -0.3 is 19.3 Å². The first-order valence-corrected chi connectivity index (χ1v) is 16.6. The highest BCUT2D eigenvalue weighted by atomic mass is 79.9. The van der Waals surface area contributed by atoms with Gasteiger partial charge in [0.2, 0.25) is 0 Å². The first-order chi connectivity index (χ1) is 19.0. The van der Waals surface area contributed by atoms with E-state index in [2.05, 4.69) is 45.8 Å². The highest BCUT2D eigenvalue weighted by Crippen LogP contribution is 2.51. The standard InChI is InChI=1S/C32H45BrN4O2/c1-21-5-4-12-32(20-21)13-17-37(18-14-32)30-26-19-25(22-8-9-22)27(33)29(38-23-6-3-7-23)28(26)34-31(35-30)39-24-10-15-36(2)16-11-24/h19,21-24H,3-18,20H2,1-2H3. The summed E-state index contributed by atoms with van der Waals surface area (Å²) in [6.07, 6.45) is 16.7. The molecular formula is C32H45BrN4O2. The predicted molar refractivity (Wildman–Crippen MR) is 160 cm³/mol. The first-order valence-electron chi connectivity index (χ1n) is 15.8. The Morgan fingerprint density at radius 3 is 2.28 bits per heavy atom. The number of benzene rings is 1. The van der Waals surface area contributed by atoms with Crippen molar-refractivity contribution in [3.63, 3.8) is 0 Å². The molecule has 3 aliphatic carbocycles. The van der Waals surface area contributed by atoms with Gasteiger partial charge >= 0.3 is 6.01 Å². The number of aromatic nitrogens is 2. The summed E-state index contributed by atoms with van der Waals surface area (Å²) in [5, 5.41) is 1.15. The van der Waals surface area contributed by atoms with Gasteiger partial charge in [0.15, 0.2) is 5.75 Å². The van der Waals surface area contributed by atoms with Crippen molar-refractivity contribution in [2.24, 2.45) is 11.3 Å². The summed E-state index contributed by atoms with van der Waals surface area (Å²) >= 11 is 3.98. The lowest BCUT2D eigenvalue weighted by Crippen LogP contribution is -2.42. The third-order valence-corrected chi connectivity index (χ3v) is 11.3. The van der Waals surface area contributed by atoms with E-state index in [1.165, 1.54) is 63.4 Å². The number of hydrogen-bond acceptors (Lipinski definition) is 6. The zero-order valence-corrected chi connectivity index (χ0v) is 25.5. The van der Waals surface area contributed by atoms with Gasteiger partial charge in [-0.3, -0.25) is 0 Å². The van der Waals surface area contributed by atoms with Gasteiger partial charge in [-0.25, -0.2) is 0 Å². The van der Waals surface area contributed by atoms with Gasteiger partial charge in [0.05, 0.1) is 10.6 Å². The lowest BCUT2D eigenvalue weighted by Gasteiger charge is -2.46. The summed E-state index contributed by atoms with van der Waals surface area (Å²) in [5.74, 6) is 3.47. The molecule has 1 aromatic carbocycles. The average molecular weight is 598 g/mol. The smallest absolute Gasteiger partial charge is 0.319 e. The molecule has 7 rings (SSSR count). The third-order valence-electron chi connectivity index (χ3n) is 10.5. The van der Waals surface area contributed by atoms with Crippen LogP contribution in [0.5, 0.6) is 11.8 Å². The second-order valence-corrected chi connectivity index (χ2v) is 14.4. The Morgan fingerprint density at radius 2 is 1.62 bits per heavy atom. The molecule has 212 valence electrons. The van der Waals surface area contributed by atoms with Crippen LogP contribution in [0.15, 0.2) is 10.5 Å². The van der Waals surface area contributed by atoms with Gasteiger partial charge in [-0.1, -0.05) is 19.8 Å². The molecule has 3 heterocycles. The predicted octanol–water partition coefficient (Wildman–Crippen LogP) is 7.47. The molecule has 1 unspecified atom stereocenters. The Bertz CT molecular complexity index is 1200. The summed E-state index contributed by atoms with van der Waals surface area (Å²) in [4.78, 5) is 15.2. The topological polar surface area (TPSA) is 50.7 Å². The lowest BCUT2D eigenvalue weighted by atomic mass is 9.65. The maximum atomic E-state index is 6.70. The van der Waals surface area contributed by atoms with Crippen LogP contribution in [0.3, 0.4) is 0 Å². The third kappa shape index (κ3) is 5.39. The first kappa shape index (κ1) is 26.3. The minimum absolute atomic E-state index is 0.171. The van der Waals surface area contributed by atoms with E-state index in [1.807, 2.05) is 0 Å². The Morgan fingerprint density at radius 1 is 0.872 bits per heavy atom. The van der Waals surface area contributed by atoms with Crippen molar-refractivity contribution in [3.8, 4) is 11.8 Å². The molecule has 39 heavy (non-hydrogen) atoms. The number of hydrogen-bond donors (Lipinski definition) is 0. The molecule has 1 spiro atoms. The number of piperidine rings is 2. The molecule has 3 saturated carbocycles. The summed E-state index contributed by atoms with van der Waals surface area (Å²) in [7, 11) is 2.19. The zero-order chi connectivity index (χ0) is 26.6. The van der Waals surface area contributed by atoms with Crippen LogP contribution in [0.4, 0.5) is 5.82 Å². The van der Waals surface area contributed by atoms with E-state index in [9.17, 15) is 0 Å². The fraction of sp³-hybridized carbons (Fsp3) is 0.750. The monoisotopic (exact) mass is 596 g/mol. The Labute approximate surface area is 242 Å². The van der Waals surface area contributed by atoms with Gasteiger partial charge in [-0.15, -0.1) is 0 Å². The second kappa shape index (κ2) is 10.7. The van der Waals surface area contributed by atoms with E-state index in [1.54, 1.807) is 0 Å². The van der Waals surface area contributed by atoms with Gasteiger partial charge in [-0.2, -0.15) is 9.97 Å². The van der Waals surface area contributed by atoms with Crippen molar-refractivity contribution in [1.82, 2.24) is 14.9 Å². The largest absolute Gasteiger partial charge is 0.487 e. The lowest BCUT2D eigenvalue weighted by molar-refractivity contribution is 0.104. The van der Waals surface area contributed by atoms with E-state index < -0.39 is 0 Å². The molecule has 1 atom stereocenters. The van der Waals surface area contributed by atoms with Crippen LogP contribution in [0, 0.1) is 11.3 Å². The molecule has 0 bridgehead atoms. The van der Waals surface area contributed by atoms with Gasteiger partial charge in [0.1, 0.15) is 17.4 Å². The van der Waals surface area contributed by atoms with Crippen molar-refractivity contribution >= 4 is 32.7 Å². The Hall–Kier alpha value is -1.60. The molecule has 1 aromatic heterocycles. The number of ether oxygens (including phenoxy) is 2. The van der Waals surface area contributed by atoms with Crippen LogP contribution >= 0.6 is 15.9 Å². The highest BCUT2D eigenvalue weighted by molar-refractivity contribution is 9.10. The maximum Gasteiger partial charge on any atom is 0.319 e. The van der Waals surface area contributed by atoms with Crippen molar-refractivity contribution < 1.29 is 9.47 Å². The highest BCUT2D eigenvalue weighted by Gasteiger charge is 2.39. The quantitative estimate of drug-likeness (QED) is 0.344. The summed E-state index contributed by atoms with van der Waals surface area (Å²) in [6.45, 7) is 6.72. The van der Waals surface area contributed by atoms with Crippen LogP contribution in [-0.4, -0.2) is 60.3 Å². The molecule has 5 fully saturated rings. The van der Waals surface area contributed by atoms with E-state index in [0.29, 0.717) is 23.4 Å². The second-order valence-electron chi connectivity index (χ2n) is 13.6. The van der Waals surface area contributed by atoms with E-state index in [-0.39, 0.29) is 6.10 Å². The molecule has 6 nitrogen and oxygen atoms in total. The Kier molecular flexibility index (Phi) is 7.19. The summed E-state index contributed by atoms with van der Waals surface area (Å²) < 4.78 is 14.4. The maximum absolute atomic E-state index is 6.70. The average Bonchev–Trinajstić information content (AvgIpc) is 3.74.